The number of thiophene rings is 1. The first kappa shape index (κ1) is 13.1. The second kappa shape index (κ2) is 4.31. The Labute approximate surface area is 119 Å². The summed E-state index contributed by atoms with van der Waals surface area (Å²) >= 11 is 0.125. The van der Waals surface area contributed by atoms with Crippen LogP contribution < -0.4 is 9.44 Å². The minimum atomic E-state index is -1.48. The third kappa shape index (κ3) is 2.21. The lowest BCUT2D eigenvalue weighted by atomic mass is 9.72. The molecule has 0 radical (unpaired) electrons. The number of carbonyl (C=O) groups excluding carboxylic acids is 1. The van der Waals surface area contributed by atoms with Crippen molar-refractivity contribution in [1.82, 2.24) is 4.72 Å². The topological polar surface area (TPSA) is 58.2 Å². The first-order valence-corrected chi connectivity index (χ1v) is 8.47. The van der Waals surface area contributed by atoms with E-state index >= 15 is 0 Å². The normalized spacial score (nSPS) is 26.2. The predicted molar refractivity (Wildman–Crippen MR) is 78.5 cm³/mol. The molecule has 0 saturated heterocycles. The molecule has 2 atom stereocenters. The van der Waals surface area contributed by atoms with Gasteiger partial charge < -0.3 is 0 Å². The van der Waals surface area contributed by atoms with Gasteiger partial charge in [-0.1, -0.05) is 20.8 Å². The first-order valence-electron chi connectivity index (χ1n) is 6.50. The zero-order valence-corrected chi connectivity index (χ0v) is 13.0. The molecule has 6 heteroatoms. The fourth-order valence-corrected chi connectivity index (χ4v) is 5.04. The van der Waals surface area contributed by atoms with Crippen molar-refractivity contribution in [2.75, 3.05) is 4.72 Å². The monoisotopic (exact) mass is 298 g/mol. The number of fused-ring (bicyclic) bond motifs is 3. The fourth-order valence-electron chi connectivity index (χ4n) is 2.88. The summed E-state index contributed by atoms with van der Waals surface area (Å²) < 4.78 is 16.7. The molecule has 2 N–H and O–H groups in total. The van der Waals surface area contributed by atoms with Gasteiger partial charge in [0.2, 0.25) is 11.2 Å². The zero-order chi connectivity index (χ0) is 13.8. The number of nitrogens with one attached hydrogen (secondary N) is 2. The van der Waals surface area contributed by atoms with Crippen molar-refractivity contribution in [3.8, 4) is 0 Å². The molecule has 0 saturated carbocycles. The molecule has 2 aliphatic rings. The Hall–Kier alpha value is -0.880. The molecule has 1 amide bonds. The van der Waals surface area contributed by atoms with Crippen molar-refractivity contribution >= 4 is 33.4 Å². The molecule has 0 spiro atoms. The van der Waals surface area contributed by atoms with Crippen molar-refractivity contribution < 1.29 is 9.00 Å². The molecule has 2 heterocycles. The number of hydrogen-bond donors (Lipinski definition) is 2. The molecule has 3 rings (SSSR count). The molecule has 1 aliphatic heterocycles. The lowest BCUT2D eigenvalue weighted by Crippen LogP contribution is -2.35. The summed E-state index contributed by atoms with van der Waals surface area (Å²) in [5.41, 5.74) is 2.19. The van der Waals surface area contributed by atoms with E-state index in [9.17, 15) is 9.00 Å². The molecular formula is C13H18N2O2S2. The quantitative estimate of drug-likeness (QED) is 0.773. The van der Waals surface area contributed by atoms with Crippen LogP contribution in [0.5, 0.6) is 0 Å². The summed E-state index contributed by atoms with van der Waals surface area (Å²) in [5.74, 6) is 0.451. The van der Waals surface area contributed by atoms with Crippen molar-refractivity contribution in [2.24, 2.45) is 11.3 Å². The second-order valence-electron chi connectivity index (χ2n) is 6.32. The van der Waals surface area contributed by atoms with Crippen LogP contribution in [-0.2, 0) is 24.0 Å². The summed E-state index contributed by atoms with van der Waals surface area (Å²) in [5, 5.41) is 0.779. The number of amides is 1. The Bertz CT molecular complexity index is 572. The maximum atomic E-state index is 12.0. The van der Waals surface area contributed by atoms with Crippen LogP contribution in [0.25, 0.3) is 0 Å². The highest BCUT2D eigenvalue weighted by atomic mass is 32.2. The van der Waals surface area contributed by atoms with Gasteiger partial charge in [-0.25, -0.2) is 4.21 Å². The maximum Gasteiger partial charge on any atom is 0.267 e. The Morgan fingerprint density at radius 2 is 2.05 bits per heavy atom. The Balaban J connectivity index is 1.99. The van der Waals surface area contributed by atoms with Crippen molar-refractivity contribution in [2.45, 2.75) is 40.0 Å². The van der Waals surface area contributed by atoms with E-state index in [1.807, 2.05) is 0 Å². The molecular weight excluding hydrogens is 280 g/mol. The maximum absolute atomic E-state index is 12.0. The highest BCUT2D eigenvalue weighted by Gasteiger charge is 2.35. The first-order chi connectivity index (χ1) is 8.86. The molecule has 19 heavy (non-hydrogen) atoms. The minimum absolute atomic E-state index is 0.196. The van der Waals surface area contributed by atoms with Crippen LogP contribution in [0.2, 0.25) is 0 Å². The van der Waals surface area contributed by atoms with Gasteiger partial charge in [0.25, 0.3) is 5.91 Å². The third-order valence-corrected chi connectivity index (χ3v) is 6.15. The van der Waals surface area contributed by atoms with E-state index in [-0.39, 0.29) is 5.91 Å². The molecule has 0 fully saturated rings. The number of hydrogen-bond acceptors (Lipinski definition) is 3. The number of carbonyl (C=O) groups is 1. The fraction of sp³-hybridized carbons (Fsp3) is 0.615. The molecule has 0 aromatic carbocycles. The van der Waals surface area contributed by atoms with Crippen LogP contribution in [0.1, 0.15) is 48.0 Å². The van der Waals surface area contributed by atoms with Gasteiger partial charge in [0, 0.05) is 4.88 Å². The van der Waals surface area contributed by atoms with Gasteiger partial charge in [-0.05, 0) is 36.2 Å². The van der Waals surface area contributed by atoms with E-state index in [1.54, 1.807) is 11.3 Å². The smallest absolute Gasteiger partial charge is 0.267 e. The summed E-state index contributed by atoms with van der Waals surface area (Å²) in [7, 11) is 0. The summed E-state index contributed by atoms with van der Waals surface area (Å²) in [6.07, 6.45) is 3.10. The van der Waals surface area contributed by atoms with E-state index in [1.165, 1.54) is 10.4 Å². The summed E-state index contributed by atoms with van der Waals surface area (Å²) in [6, 6.07) is 0. The molecule has 0 unspecified atom stereocenters. The van der Waals surface area contributed by atoms with Crippen molar-refractivity contribution in [3.05, 3.63) is 16.0 Å². The van der Waals surface area contributed by atoms with Gasteiger partial charge in [0.1, 0.15) is 5.00 Å². The average molecular weight is 298 g/mol. The van der Waals surface area contributed by atoms with Gasteiger partial charge in [-0.15, -0.1) is 11.3 Å². The van der Waals surface area contributed by atoms with Crippen molar-refractivity contribution in [1.29, 1.82) is 0 Å². The zero-order valence-electron chi connectivity index (χ0n) is 11.3. The lowest BCUT2D eigenvalue weighted by molar-refractivity contribution is 0.0981. The summed E-state index contributed by atoms with van der Waals surface area (Å²) in [6.45, 7) is 6.82. The predicted octanol–water partition coefficient (Wildman–Crippen LogP) is 2.63. The van der Waals surface area contributed by atoms with Crippen molar-refractivity contribution in [3.63, 3.8) is 0 Å². The van der Waals surface area contributed by atoms with E-state index in [2.05, 4.69) is 30.2 Å². The van der Waals surface area contributed by atoms with Crippen LogP contribution in [-0.4, -0.2) is 10.1 Å². The molecule has 1 aromatic rings. The lowest BCUT2D eigenvalue weighted by Gasteiger charge is -2.33. The van der Waals surface area contributed by atoms with E-state index < -0.39 is 11.2 Å². The van der Waals surface area contributed by atoms with E-state index in [0.29, 0.717) is 11.3 Å². The standard InChI is InChI=1S/C13H18N2O2S2/c1-13(2,3)7-4-5-8-9(6-7)18-12-10(8)11(16)14-19(17)15-12/h7,15H,4-6H2,1-3H3,(H,14,16)/t7-,19+/m0/s1. The van der Waals surface area contributed by atoms with Crippen LogP contribution in [0, 0.1) is 11.3 Å². The minimum Gasteiger partial charge on any atom is -0.278 e. The van der Waals surface area contributed by atoms with E-state index in [4.69, 9.17) is 0 Å². The summed E-state index contributed by atoms with van der Waals surface area (Å²) in [4.78, 5) is 13.3. The van der Waals surface area contributed by atoms with Gasteiger partial charge in [-0.3, -0.25) is 14.2 Å². The van der Waals surface area contributed by atoms with Crippen LogP contribution >= 0.6 is 11.3 Å². The molecule has 4 nitrogen and oxygen atoms in total. The second-order valence-corrected chi connectivity index (χ2v) is 8.37. The van der Waals surface area contributed by atoms with Crippen LogP contribution in [0.3, 0.4) is 0 Å². The highest BCUT2D eigenvalue weighted by molar-refractivity contribution is 7.85. The molecule has 104 valence electrons. The van der Waals surface area contributed by atoms with Gasteiger partial charge >= 0.3 is 0 Å². The Morgan fingerprint density at radius 3 is 2.74 bits per heavy atom. The number of rotatable bonds is 0. The Kier molecular flexibility index (Phi) is 2.98. The Morgan fingerprint density at radius 1 is 1.32 bits per heavy atom. The van der Waals surface area contributed by atoms with Gasteiger partial charge in [-0.2, -0.15) is 0 Å². The molecule has 0 bridgehead atoms. The van der Waals surface area contributed by atoms with Gasteiger partial charge in [0.15, 0.2) is 0 Å². The molecule has 1 aliphatic carbocycles. The SMILES string of the molecule is CC(C)(C)[C@H]1CCc2c(sc3c2C(=O)N[S@@](=O)N3)C1. The van der Waals surface area contributed by atoms with E-state index in [0.717, 1.165) is 29.8 Å². The average Bonchev–Trinajstić information content (AvgIpc) is 2.64. The van der Waals surface area contributed by atoms with Crippen LogP contribution in [0.4, 0.5) is 5.00 Å². The molecule has 1 aromatic heterocycles. The van der Waals surface area contributed by atoms with Gasteiger partial charge in [0.05, 0.1) is 5.56 Å². The largest absolute Gasteiger partial charge is 0.278 e. The van der Waals surface area contributed by atoms with Crippen LogP contribution in [0.15, 0.2) is 0 Å². The number of anilines is 1. The highest BCUT2D eigenvalue weighted by Crippen LogP contribution is 2.44. The third-order valence-electron chi connectivity index (χ3n) is 4.09.